The van der Waals surface area contributed by atoms with E-state index in [-0.39, 0.29) is 0 Å². The second-order valence-electron chi connectivity index (χ2n) is 5.20. The summed E-state index contributed by atoms with van der Waals surface area (Å²) in [4.78, 5) is 4.77. The summed E-state index contributed by atoms with van der Waals surface area (Å²) in [7, 11) is 0. The van der Waals surface area contributed by atoms with Gasteiger partial charge in [-0.05, 0) is 77.9 Å². The Labute approximate surface area is 143 Å². The third kappa shape index (κ3) is 2.81. The van der Waals surface area contributed by atoms with Gasteiger partial charge in [-0.3, -0.25) is 4.57 Å². The molecular formula is C17H16ClIN2. The first-order valence-electron chi connectivity index (χ1n) is 6.90. The lowest BCUT2D eigenvalue weighted by molar-refractivity contribution is 0.911. The first-order valence-corrected chi connectivity index (χ1v) is 8.52. The number of rotatable bonds is 3. The van der Waals surface area contributed by atoms with Gasteiger partial charge in [-0.15, -0.1) is 11.6 Å². The summed E-state index contributed by atoms with van der Waals surface area (Å²) in [6, 6.07) is 12.9. The molecule has 4 heteroatoms. The van der Waals surface area contributed by atoms with E-state index in [0.29, 0.717) is 5.88 Å². The normalized spacial score (nSPS) is 11.2. The van der Waals surface area contributed by atoms with E-state index in [1.807, 2.05) is 0 Å². The van der Waals surface area contributed by atoms with Gasteiger partial charge >= 0.3 is 0 Å². The molecule has 0 saturated carbocycles. The largest absolute Gasteiger partial charge is 0.296 e. The van der Waals surface area contributed by atoms with Crippen molar-refractivity contribution in [2.24, 2.45) is 0 Å². The number of imidazole rings is 1. The van der Waals surface area contributed by atoms with Crippen LogP contribution in [0.1, 0.15) is 17.0 Å². The lowest BCUT2D eigenvalue weighted by Crippen LogP contribution is -2.02. The average Bonchev–Trinajstić information content (AvgIpc) is 2.79. The second kappa shape index (κ2) is 5.97. The molecule has 3 rings (SSSR count). The van der Waals surface area contributed by atoms with Gasteiger partial charge in [0.05, 0.1) is 11.0 Å². The summed E-state index contributed by atoms with van der Waals surface area (Å²) in [6.07, 6.45) is 0.764. The van der Waals surface area contributed by atoms with Crippen LogP contribution in [0, 0.1) is 17.4 Å². The van der Waals surface area contributed by atoms with Crippen molar-refractivity contribution in [3.8, 4) is 5.69 Å². The molecule has 1 heterocycles. The fourth-order valence-electron chi connectivity index (χ4n) is 2.51. The first kappa shape index (κ1) is 14.9. The number of aryl methyl sites for hydroxylation is 3. The molecular weight excluding hydrogens is 395 g/mol. The molecule has 2 nitrogen and oxygen atoms in total. The molecule has 0 N–H and O–H groups in total. The molecule has 0 spiro atoms. The Hall–Kier alpha value is -1.07. The van der Waals surface area contributed by atoms with Crippen LogP contribution in [0.25, 0.3) is 16.7 Å². The van der Waals surface area contributed by atoms with E-state index >= 15 is 0 Å². The lowest BCUT2D eigenvalue weighted by Gasteiger charge is -2.11. The van der Waals surface area contributed by atoms with Crippen LogP contribution in [-0.2, 0) is 6.42 Å². The quantitative estimate of drug-likeness (QED) is 0.437. The molecule has 0 aliphatic rings. The van der Waals surface area contributed by atoms with Crippen molar-refractivity contribution in [2.45, 2.75) is 20.3 Å². The Bertz CT molecular complexity index is 808. The summed E-state index contributed by atoms with van der Waals surface area (Å²) < 4.78 is 3.42. The second-order valence-corrected chi connectivity index (χ2v) is 6.83. The van der Waals surface area contributed by atoms with Crippen LogP contribution in [0.2, 0.25) is 0 Å². The minimum atomic E-state index is 0.575. The number of benzene rings is 2. The van der Waals surface area contributed by atoms with Crippen molar-refractivity contribution in [3.05, 3.63) is 56.9 Å². The number of hydrogen-bond acceptors (Lipinski definition) is 1. The van der Waals surface area contributed by atoms with Gasteiger partial charge in [-0.2, -0.15) is 0 Å². The van der Waals surface area contributed by atoms with Crippen molar-refractivity contribution < 1.29 is 0 Å². The smallest absolute Gasteiger partial charge is 0.115 e. The average molecular weight is 411 g/mol. The highest BCUT2D eigenvalue weighted by molar-refractivity contribution is 14.1. The number of fused-ring (bicyclic) bond motifs is 1. The third-order valence-corrected chi connectivity index (χ3v) is 4.61. The van der Waals surface area contributed by atoms with Gasteiger partial charge in [0.2, 0.25) is 0 Å². The Morgan fingerprint density at radius 2 is 1.90 bits per heavy atom. The van der Waals surface area contributed by atoms with E-state index in [0.717, 1.165) is 29.0 Å². The monoisotopic (exact) mass is 410 g/mol. The Morgan fingerprint density at radius 3 is 2.62 bits per heavy atom. The van der Waals surface area contributed by atoms with Crippen LogP contribution in [0.5, 0.6) is 0 Å². The molecule has 0 amide bonds. The van der Waals surface area contributed by atoms with E-state index in [4.69, 9.17) is 16.6 Å². The zero-order valence-corrected chi connectivity index (χ0v) is 14.9. The number of nitrogens with zero attached hydrogens (tertiary/aromatic N) is 2. The van der Waals surface area contributed by atoms with Crippen molar-refractivity contribution in [1.82, 2.24) is 9.55 Å². The molecule has 0 saturated heterocycles. The maximum absolute atomic E-state index is 5.96. The minimum Gasteiger partial charge on any atom is -0.296 e. The summed E-state index contributed by atoms with van der Waals surface area (Å²) >= 11 is 8.28. The molecule has 1 aromatic heterocycles. The van der Waals surface area contributed by atoms with Gasteiger partial charge in [-0.1, -0.05) is 6.07 Å². The number of hydrogen-bond donors (Lipinski definition) is 0. The Morgan fingerprint density at radius 1 is 1.10 bits per heavy atom. The van der Waals surface area contributed by atoms with Crippen LogP contribution < -0.4 is 0 Å². The standard InChI is InChI=1S/C17H16ClIN2/c1-11-3-5-14(9-12(11)2)21-16-6-4-13(19)10-15(16)20-17(21)7-8-18/h3-6,9-10H,7-8H2,1-2H3. The van der Waals surface area contributed by atoms with Gasteiger partial charge < -0.3 is 0 Å². The molecule has 0 aliphatic carbocycles. The number of halogens is 2. The van der Waals surface area contributed by atoms with Gasteiger partial charge in [0.1, 0.15) is 5.82 Å². The molecule has 108 valence electrons. The molecule has 0 radical (unpaired) electrons. The predicted octanol–water partition coefficient (Wildman–Crippen LogP) is 5.03. The molecule has 3 aromatic rings. The zero-order valence-electron chi connectivity index (χ0n) is 12.0. The summed E-state index contributed by atoms with van der Waals surface area (Å²) in [5, 5.41) is 0. The van der Waals surface area contributed by atoms with Gasteiger partial charge in [0.15, 0.2) is 0 Å². The van der Waals surface area contributed by atoms with E-state index in [1.165, 1.54) is 14.7 Å². The van der Waals surface area contributed by atoms with Crippen molar-refractivity contribution in [2.75, 3.05) is 5.88 Å². The van der Waals surface area contributed by atoms with E-state index < -0.39 is 0 Å². The summed E-state index contributed by atoms with van der Waals surface area (Å²) in [5.74, 6) is 1.59. The molecule has 0 unspecified atom stereocenters. The number of aromatic nitrogens is 2. The van der Waals surface area contributed by atoms with Crippen molar-refractivity contribution in [3.63, 3.8) is 0 Å². The van der Waals surface area contributed by atoms with Crippen LogP contribution in [-0.4, -0.2) is 15.4 Å². The molecule has 21 heavy (non-hydrogen) atoms. The van der Waals surface area contributed by atoms with E-state index in [9.17, 15) is 0 Å². The molecule has 0 aliphatic heterocycles. The van der Waals surface area contributed by atoms with Crippen molar-refractivity contribution >= 4 is 45.2 Å². The summed E-state index contributed by atoms with van der Waals surface area (Å²) in [5.41, 5.74) is 5.91. The highest BCUT2D eigenvalue weighted by atomic mass is 127. The SMILES string of the molecule is Cc1ccc(-n2c(CCCl)nc3cc(I)ccc32)cc1C. The van der Waals surface area contributed by atoms with E-state index in [2.05, 4.69) is 77.4 Å². The van der Waals surface area contributed by atoms with Crippen LogP contribution in [0.15, 0.2) is 36.4 Å². The Balaban J connectivity index is 2.27. The molecule has 0 atom stereocenters. The fourth-order valence-corrected chi connectivity index (χ4v) is 3.15. The van der Waals surface area contributed by atoms with Crippen molar-refractivity contribution in [1.29, 1.82) is 0 Å². The van der Waals surface area contributed by atoms with Crippen LogP contribution >= 0.6 is 34.2 Å². The fraction of sp³-hybridized carbons (Fsp3) is 0.235. The van der Waals surface area contributed by atoms with Crippen LogP contribution in [0.4, 0.5) is 0 Å². The minimum absolute atomic E-state index is 0.575. The lowest BCUT2D eigenvalue weighted by atomic mass is 10.1. The van der Waals surface area contributed by atoms with Gasteiger partial charge in [0.25, 0.3) is 0 Å². The maximum atomic E-state index is 5.96. The topological polar surface area (TPSA) is 17.8 Å². The highest BCUT2D eigenvalue weighted by Gasteiger charge is 2.12. The number of alkyl halides is 1. The zero-order chi connectivity index (χ0) is 15.0. The Kier molecular flexibility index (Phi) is 4.22. The highest BCUT2D eigenvalue weighted by Crippen LogP contribution is 2.25. The molecule has 0 fully saturated rings. The predicted molar refractivity (Wildman–Crippen MR) is 97.7 cm³/mol. The molecule has 0 bridgehead atoms. The van der Waals surface area contributed by atoms with E-state index in [1.54, 1.807) is 0 Å². The first-order chi connectivity index (χ1) is 10.1. The molecule has 2 aromatic carbocycles. The van der Waals surface area contributed by atoms with Crippen LogP contribution in [0.3, 0.4) is 0 Å². The van der Waals surface area contributed by atoms with Gasteiger partial charge in [-0.25, -0.2) is 4.98 Å². The summed E-state index contributed by atoms with van der Waals surface area (Å²) in [6.45, 7) is 4.27. The maximum Gasteiger partial charge on any atom is 0.115 e. The third-order valence-electron chi connectivity index (χ3n) is 3.75. The van der Waals surface area contributed by atoms with Gasteiger partial charge in [0, 0.05) is 21.6 Å².